The van der Waals surface area contributed by atoms with Gasteiger partial charge in [0, 0.05) is 103 Å². The van der Waals surface area contributed by atoms with E-state index in [9.17, 15) is 48.6 Å². The minimum Gasteiger partial charge on any atom is -0.492 e. The minimum atomic E-state index is -0.815. The quantitative estimate of drug-likeness (QED) is 0.0175. The maximum Gasteiger partial charge on any atom is 0.303 e. The summed E-state index contributed by atoms with van der Waals surface area (Å²) in [5.41, 5.74) is 21.1. The van der Waals surface area contributed by atoms with Gasteiger partial charge in [0.15, 0.2) is 5.78 Å². The van der Waals surface area contributed by atoms with Crippen molar-refractivity contribution in [2.45, 2.75) is 241 Å². The van der Waals surface area contributed by atoms with Gasteiger partial charge in [-0.05, 0) is 179 Å². The summed E-state index contributed by atoms with van der Waals surface area (Å²) < 4.78 is 11.9. The van der Waals surface area contributed by atoms with Gasteiger partial charge >= 0.3 is 5.97 Å². The number of likely N-dealkylation sites (N-methyl/N-ethyl adjacent to an activating group) is 2. The lowest BCUT2D eigenvalue weighted by Gasteiger charge is -2.34. The number of ketones is 3. The number of thiazole rings is 2. The Labute approximate surface area is 820 Å². The van der Waals surface area contributed by atoms with Gasteiger partial charge in [0.2, 0.25) is 23.6 Å². The summed E-state index contributed by atoms with van der Waals surface area (Å²) in [7, 11) is 3.75. The third-order valence-corrected chi connectivity index (χ3v) is 27.8. The number of aromatic nitrogens is 2. The van der Waals surface area contributed by atoms with Crippen LogP contribution in [0.1, 0.15) is 246 Å². The fourth-order valence-electron chi connectivity index (χ4n) is 17.9. The van der Waals surface area contributed by atoms with Crippen molar-refractivity contribution in [2.24, 2.45) is 22.7 Å². The van der Waals surface area contributed by atoms with Gasteiger partial charge in [0.05, 0.1) is 57.0 Å². The highest BCUT2D eigenvalue weighted by atomic mass is 32.1. The van der Waals surface area contributed by atoms with Crippen LogP contribution in [-0.4, -0.2) is 165 Å². The molecular formula is C115H143N7O13S2. The van der Waals surface area contributed by atoms with Crippen LogP contribution in [0.5, 0.6) is 11.5 Å². The van der Waals surface area contributed by atoms with Crippen LogP contribution in [0.2, 0.25) is 0 Å². The molecule has 728 valence electrons. The summed E-state index contributed by atoms with van der Waals surface area (Å²) in [5, 5.41) is 35.9. The first-order chi connectivity index (χ1) is 65.9. The fourth-order valence-corrected chi connectivity index (χ4v) is 19.5. The molecule has 10 aromatic rings. The molecule has 137 heavy (non-hydrogen) atoms. The molecule has 0 saturated carbocycles. The van der Waals surface area contributed by atoms with Gasteiger partial charge in [-0.2, -0.15) is 0 Å². The topological polar surface area (TPSA) is 275 Å². The van der Waals surface area contributed by atoms with Gasteiger partial charge in [-0.1, -0.05) is 288 Å². The van der Waals surface area contributed by atoms with Crippen LogP contribution in [0.25, 0.3) is 43.2 Å². The summed E-state index contributed by atoms with van der Waals surface area (Å²) in [6.45, 7) is 22.9. The van der Waals surface area contributed by atoms with Crippen molar-refractivity contribution in [3.05, 3.63) is 285 Å². The number of unbranched alkanes of at least 4 members (excludes halogenated alkanes) is 8. The van der Waals surface area contributed by atoms with E-state index in [1.54, 1.807) is 27.6 Å². The number of Topliss-reactive ketones (excluding diaryl/α,β-unsaturated/α-hetero) is 3. The second-order valence-corrected chi connectivity index (χ2v) is 39.9. The van der Waals surface area contributed by atoms with Crippen LogP contribution >= 0.6 is 22.7 Å². The van der Waals surface area contributed by atoms with Gasteiger partial charge in [-0.15, -0.1) is 22.7 Å². The second-order valence-electron chi connectivity index (χ2n) is 38.2. The number of carbonyl (C=O) groups excluding carboxylic acids is 7. The lowest BCUT2D eigenvalue weighted by molar-refractivity contribution is -0.146. The predicted molar refractivity (Wildman–Crippen MR) is 553 cm³/mol. The lowest BCUT2D eigenvalue weighted by Crippen LogP contribution is -2.50. The molecule has 4 heterocycles. The molecule has 0 aliphatic carbocycles. The van der Waals surface area contributed by atoms with Crippen LogP contribution in [-0.2, 0) is 51.3 Å². The number of likely N-dealkylation sites (tertiary alicyclic amines) is 2. The van der Waals surface area contributed by atoms with Gasteiger partial charge < -0.3 is 50.1 Å². The third-order valence-electron chi connectivity index (χ3n) is 25.8. The predicted octanol–water partition coefficient (Wildman–Crippen LogP) is 22.6. The van der Waals surface area contributed by atoms with Gasteiger partial charge in [0.25, 0.3) is 0 Å². The number of β-amino-alcohol motifs (C(OH)–C–C–N with tert-alkyl or cyclic N) is 2. The SMILES string of the molecule is CC/C(=C(\c1ccccc1)c1ccc(OCCN(C)C(=O)CCCCCCCC(=O)C[C@H](C(=O)N2C[C@H](O)C[C@H]2C(=O)NCc2ccc(-c3scnc3C)cc2)C(C)(C)C)cc1)c1ccccc1.CC/C(=C(\c1ccccc1)c1ccc(OCCNC)cc1)c1ccccc1.Cc1ncsc1-c1ccc(CCC(=O)[C@@H]2C[C@@H](O)CN2C(=O)[C@@H](CC(=O)CCCCCCCC(=O)O)C(C)(C)C)cc1. The number of aliphatic hydroxyl groups excluding tert-OH is 2. The van der Waals surface area contributed by atoms with E-state index in [0.717, 1.165) is 125 Å². The first-order valence-corrected chi connectivity index (χ1v) is 50.7. The number of allylic oxidation sites excluding steroid dienone is 2. The molecule has 5 N–H and O–H groups in total. The van der Waals surface area contributed by atoms with Crippen molar-refractivity contribution in [3.63, 3.8) is 0 Å². The van der Waals surface area contributed by atoms with E-state index >= 15 is 0 Å². The average molecular weight is 1900 g/mol. The molecule has 2 aromatic heterocycles. The largest absolute Gasteiger partial charge is 0.492 e. The summed E-state index contributed by atoms with van der Waals surface area (Å²) in [6.07, 6.45) is 11.1. The van der Waals surface area contributed by atoms with E-state index in [2.05, 4.69) is 180 Å². The molecule has 0 radical (unpaired) electrons. The maximum absolute atomic E-state index is 14.1. The van der Waals surface area contributed by atoms with Crippen molar-refractivity contribution < 1.29 is 63.1 Å². The Morgan fingerprint density at radius 3 is 1.25 bits per heavy atom. The number of carbonyl (C=O) groups is 8. The third kappa shape index (κ3) is 33.0. The Morgan fingerprint density at radius 2 is 0.847 bits per heavy atom. The van der Waals surface area contributed by atoms with Gasteiger partial charge in [-0.25, -0.2) is 9.97 Å². The number of nitrogens with one attached hydrogen (secondary N) is 2. The van der Waals surface area contributed by atoms with E-state index in [4.69, 9.17) is 14.6 Å². The molecule has 4 amide bonds. The molecule has 2 fully saturated rings. The number of hydrogen-bond donors (Lipinski definition) is 5. The summed E-state index contributed by atoms with van der Waals surface area (Å²) in [6, 6.07) is 73.6. The molecule has 20 nitrogen and oxygen atoms in total. The molecule has 2 aliphatic rings. The van der Waals surface area contributed by atoms with Crippen molar-refractivity contribution in [1.82, 2.24) is 35.3 Å². The lowest BCUT2D eigenvalue weighted by atomic mass is 9.76. The zero-order valence-electron chi connectivity index (χ0n) is 82.4. The van der Waals surface area contributed by atoms with E-state index in [-0.39, 0.29) is 92.6 Å². The Kier molecular flexibility index (Phi) is 42.7. The van der Waals surface area contributed by atoms with Crippen molar-refractivity contribution in [3.8, 4) is 32.4 Å². The Hall–Kier alpha value is -11.7. The fraction of sp³-hybridized carbons (Fsp3) is 0.426. The molecule has 6 atom stereocenters. The summed E-state index contributed by atoms with van der Waals surface area (Å²) in [4.78, 5) is 120. The number of aliphatic hydroxyl groups is 2. The zero-order valence-corrected chi connectivity index (χ0v) is 84.0. The van der Waals surface area contributed by atoms with Crippen molar-refractivity contribution in [2.75, 3.05) is 53.5 Å². The van der Waals surface area contributed by atoms with E-state index in [1.165, 1.54) is 59.9 Å². The number of benzene rings is 8. The summed E-state index contributed by atoms with van der Waals surface area (Å²) >= 11 is 3.18. The highest BCUT2D eigenvalue weighted by molar-refractivity contribution is 7.13. The summed E-state index contributed by atoms with van der Waals surface area (Å²) in [5.74, 6) is -1.08. The van der Waals surface area contributed by atoms with Crippen LogP contribution < -0.4 is 20.1 Å². The Balaban J connectivity index is 0.000000237. The van der Waals surface area contributed by atoms with Crippen molar-refractivity contribution in [1.29, 1.82) is 0 Å². The first-order valence-electron chi connectivity index (χ1n) is 49.0. The zero-order chi connectivity index (χ0) is 98.4. The van der Waals surface area contributed by atoms with E-state index < -0.39 is 52.9 Å². The second kappa shape index (κ2) is 54.5. The number of rotatable bonds is 47. The monoisotopic (exact) mass is 1890 g/mol. The van der Waals surface area contributed by atoms with Crippen LogP contribution in [0.3, 0.4) is 0 Å². The number of carboxylic acid groups (broad SMARTS) is 1. The number of aliphatic carboxylic acids is 1. The molecule has 2 aliphatic heterocycles. The molecule has 2 saturated heterocycles. The molecular weight excluding hydrogens is 1750 g/mol. The number of ether oxygens (including phenoxy) is 2. The van der Waals surface area contributed by atoms with Gasteiger partial charge in [0.1, 0.15) is 42.3 Å². The molecule has 0 spiro atoms. The van der Waals surface area contributed by atoms with Crippen LogP contribution in [0.15, 0.2) is 229 Å². The standard InChI is InChI=1S/C57H70N4O6S.C33H46N2O6S.C25H27NO/c1-7-49(42-19-13-11-14-20-42)53(43-21-15-12-16-22-43)44-29-31-48(32-30-44)67-34-33-60(6)52(64)24-18-10-8-9-17-23-46(62)35-50(57(3,4)5)56(66)61-38-47(63)36-51(61)55(65)58-37-41-25-27-45(28-26-41)54-40(2)59-39-68-54;1-22-31(42-21-34-22)24-15-12-23(13-16-24)14-17-29(38)28-19-26(37)20-35(28)32(41)27(33(2,3)4)18-25(36)10-8-6-5-7-9-11-30(39)40;1-3-24(20-10-6-4-7-11-20)25(21-12-8-5-9-13-21)22-14-16-23(17-15-22)27-19-18-26-2/h11-16,19-22,25-32,39,47,50-51,63H,7-10,17-18,23-24,33-38H2,1-6H3,(H,58,65);12-13,15-16,21,26-28,37H,5-11,14,17-20H2,1-4H3,(H,39,40);4-17,26H,3,18-19H2,1-2H3/b53-49-;;25-24-/t47-,50-,51+;26-,27-,28+;/m11./s1. The number of nitrogens with zero attached hydrogens (tertiary/aromatic N) is 5. The van der Waals surface area contributed by atoms with Crippen molar-refractivity contribution >= 4 is 91.9 Å². The minimum absolute atomic E-state index is 0.0217. The van der Waals surface area contributed by atoms with Crippen LogP contribution in [0, 0.1) is 36.5 Å². The first kappa shape index (κ1) is 107. The Bertz CT molecular complexity index is 5540. The highest BCUT2D eigenvalue weighted by Crippen LogP contribution is 2.41. The number of amides is 4. The molecule has 0 unspecified atom stereocenters. The molecule has 12 rings (SSSR count). The smallest absolute Gasteiger partial charge is 0.303 e. The number of aryl methyl sites for hydroxylation is 3. The highest BCUT2D eigenvalue weighted by Gasteiger charge is 2.46. The number of hydrogen-bond acceptors (Lipinski definition) is 17. The molecule has 22 heteroatoms. The van der Waals surface area contributed by atoms with Crippen LogP contribution in [0.4, 0.5) is 0 Å². The maximum atomic E-state index is 14.1. The van der Waals surface area contributed by atoms with E-state index in [1.807, 2.05) is 153 Å². The van der Waals surface area contributed by atoms with Gasteiger partial charge in [-0.3, -0.25) is 38.4 Å². The molecule has 0 bridgehead atoms. The normalized spacial score (nSPS) is 15.5. The average Bonchev–Trinajstić information content (AvgIpc) is 1.74. The number of carboxylic acids is 1. The Morgan fingerprint density at radius 1 is 0.467 bits per heavy atom. The molecule has 8 aromatic carbocycles. The van der Waals surface area contributed by atoms with E-state index in [0.29, 0.717) is 71.2 Å².